The Morgan fingerprint density at radius 3 is 2.85 bits per heavy atom. The number of aliphatic hydroxyl groups excluding tert-OH is 1. The summed E-state index contributed by atoms with van der Waals surface area (Å²) in [6.45, 7) is 0.655. The molecule has 1 heterocycles. The molecule has 0 amide bonds. The third-order valence-electron chi connectivity index (χ3n) is 3.67. The van der Waals surface area contributed by atoms with Crippen molar-refractivity contribution in [2.45, 2.75) is 31.9 Å². The van der Waals surface area contributed by atoms with Crippen LogP contribution in [0, 0.1) is 11.3 Å². The molecular formula is C16H17N3O. The summed E-state index contributed by atoms with van der Waals surface area (Å²) < 4.78 is 0. The van der Waals surface area contributed by atoms with E-state index >= 15 is 0 Å². The second-order valence-electron chi connectivity index (χ2n) is 5.15. The number of hydrogen-bond acceptors (Lipinski definition) is 4. The molecule has 20 heavy (non-hydrogen) atoms. The number of para-hydroxylation sites is 1. The minimum absolute atomic E-state index is 0.0249. The summed E-state index contributed by atoms with van der Waals surface area (Å²) in [4.78, 5) is 6.90. The van der Waals surface area contributed by atoms with E-state index < -0.39 is 0 Å². The third-order valence-corrected chi connectivity index (χ3v) is 3.67. The van der Waals surface area contributed by atoms with Crippen molar-refractivity contribution in [3.05, 3.63) is 35.9 Å². The Morgan fingerprint density at radius 2 is 2.15 bits per heavy atom. The summed E-state index contributed by atoms with van der Waals surface area (Å²) in [6.07, 6.45) is 2.77. The third kappa shape index (κ3) is 2.45. The number of hydrogen-bond donors (Lipinski definition) is 1. The summed E-state index contributed by atoms with van der Waals surface area (Å²) in [5.41, 5.74) is 1.77. The number of nitrogens with zero attached hydrogens (tertiary/aromatic N) is 3. The van der Waals surface area contributed by atoms with Crippen LogP contribution in [0.1, 0.15) is 24.8 Å². The van der Waals surface area contributed by atoms with Crippen molar-refractivity contribution >= 4 is 16.7 Å². The van der Waals surface area contributed by atoms with Crippen molar-refractivity contribution in [2.75, 3.05) is 11.4 Å². The Morgan fingerprint density at radius 1 is 1.35 bits per heavy atom. The van der Waals surface area contributed by atoms with Gasteiger partial charge in [0.1, 0.15) is 5.82 Å². The Hall–Kier alpha value is -2.12. The Balaban J connectivity index is 2.05. The zero-order valence-corrected chi connectivity index (χ0v) is 11.3. The van der Waals surface area contributed by atoms with Gasteiger partial charge in [0.15, 0.2) is 0 Å². The lowest BCUT2D eigenvalue weighted by Crippen LogP contribution is -2.28. The molecule has 2 aromatic rings. The number of aromatic nitrogens is 1. The van der Waals surface area contributed by atoms with Gasteiger partial charge in [-0.05, 0) is 25.0 Å². The molecule has 4 heteroatoms. The molecule has 1 N–H and O–H groups in total. The minimum atomic E-state index is -0.0249. The van der Waals surface area contributed by atoms with Gasteiger partial charge < -0.3 is 10.0 Å². The summed E-state index contributed by atoms with van der Waals surface area (Å²) >= 11 is 0. The van der Waals surface area contributed by atoms with E-state index in [0.29, 0.717) is 19.0 Å². The van der Waals surface area contributed by atoms with Crippen LogP contribution in [0.2, 0.25) is 0 Å². The standard InChI is InChI=1S/C16H17N3O/c17-8-3-9-19(14-6-7-14)16-13(11-20)10-12-4-1-2-5-15(12)18-16/h1-2,4-5,10,14,20H,3,6-7,9,11H2. The SMILES string of the molecule is N#CCCN(c1nc2ccccc2cc1CO)C1CC1. The van der Waals surface area contributed by atoms with Crippen LogP contribution in [0.5, 0.6) is 0 Å². The van der Waals surface area contributed by atoms with Gasteiger partial charge in [0.05, 0.1) is 24.6 Å². The fourth-order valence-corrected chi connectivity index (χ4v) is 2.53. The van der Waals surface area contributed by atoms with Gasteiger partial charge in [-0.3, -0.25) is 0 Å². The molecule has 0 aliphatic heterocycles. The van der Waals surface area contributed by atoms with Crippen LogP contribution < -0.4 is 4.90 Å². The van der Waals surface area contributed by atoms with Crippen molar-refractivity contribution in [3.8, 4) is 6.07 Å². The Kier molecular flexibility index (Phi) is 3.53. The summed E-state index contributed by atoms with van der Waals surface area (Å²) in [5, 5.41) is 19.5. The maximum atomic E-state index is 9.62. The number of fused-ring (bicyclic) bond motifs is 1. The van der Waals surface area contributed by atoms with Crippen LogP contribution in [-0.4, -0.2) is 22.7 Å². The lowest BCUT2D eigenvalue weighted by atomic mass is 10.1. The van der Waals surface area contributed by atoms with E-state index in [1.807, 2.05) is 30.3 Å². The average molecular weight is 267 g/mol. The van der Waals surface area contributed by atoms with E-state index in [2.05, 4.69) is 11.0 Å². The number of nitriles is 1. The molecule has 0 spiro atoms. The second kappa shape index (κ2) is 5.48. The largest absolute Gasteiger partial charge is 0.392 e. The van der Waals surface area contributed by atoms with Gasteiger partial charge >= 0.3 is 0 Å². The molecule has 1 aromatic carbocycles. The van der Waals surface area contributed by atoms with Crippen molar-refractivity contribution in [3.63, 3.8) is 0 Å². The van der Waals surface area contributed by atoms with Crippen molar-refractivity contribution in [1.82, 2.24) is 4.98 Å². The van der Waals surface area contributed by atoms with E-state index in [1.165, 1.54) is 0 Å². The van der Waals surface area contributed by atoms with Crippen LogP contribution >= 0.6 is 0 Å². The highest BCUT2D eigenvalue weighted by Gasteiger charge is 2.31. The molecule has 1 aliphatic carbocycles. The Bertz CT molecular complexity index is 658. The number of pyridine rings is 1. The quantitative estimate of drug-likeness (QED) is 0.904. The van der Waals surface area contributed by atoms with E-state index in [4.69, 9.17) is 10.2 Å². The summed E-state index contributed by atoms with van der Waals surface area (Å²) in [7, 11) is 0. The van der Waals surface area contributed by atoms with Crippen LogP contribution in [0.4, 0.5) is 5.82 Å². The zero-order valence-electron chi connectivity index (χ0n) is 11.3. The van der Waals surface area contributed by atoms with E-state index in [1.54, 1.807) is 0 Å². The van der Waals surface area contributed by atoms with Gasteiger partial charge in [-0.2, -0.15) is 5.26 Å². The summed E-state index contributed by atoms with van der Waals surface area (Å²) in [6, 6.07) is 12.6. The van der Waals surface area contributed by atoms with Crippen molar-refractivity contribution in [2.24, 2.45) is 0 Å². The van der Waals surface area contributed by atoms with Crippen molar-refractivity contribution < 1.29 is 5.11 Å². The van der Waals surface area contributed by atoms with E-state index in [0.717, 1.165) is 35.1 Å². The monoisotopic (exact) mass is 267 g/mol. The van der Waals surface area contributed by atoms with Crippen LogP contribution in [-0.2, 0) is 6.61 Å². The predicted molar refractivity (Wildman–Crippen MR) is 78.3 cm³/mol. The van der Waals surface area contributed by atoms with Gasteiger partial charge in [-0.25, -0.2) is 4.98 Å². The number of rotatable bonds is 5. The van der Waals surface area contributed by atoms with Crippen molar-refractivity contribution in [1.29, 1.82) is 5.26 Å². The molecule has 1 aliphatic rings. The first-order valence-corrected chi connectivity index (χ1v) is 6.96. The lowest BCUT2D eigenvalue weighted by molar-refractivity contribution is 0.281. The maximum Gasteiger partial charge on any atom is 0.135 e. The highest BCUT2D eigenvalue weighted by Crippen LogP contribution is 2.34. The fourth-order valence-electron chi connectivity index (χ4n) is 2.53. The molecule has 4 nitrogen and oxygen atoms in total. The molecule has 102 valence electrons. The summed E-state index contributed by atoms with van der Waals surface area (Å²) in [5.74, 6) is 0.837. The zero-order chi connectivity index (χ0) is 13.9. The average Bonchev–Trinajstić information content (AvgIpc) is 3.31. The second-order valence-corrected chi connectivity index (χ2v) is 5.15. The lowest BCUT2D eigenvalue weighted by Gasteiger charge is -2.25. The molecule has 0 atom stereocenters. The van der Waals surface area contributed by atoms with Gasteiger partial charge in [-0.15, -0.1) is 0 Å². The Labute approximate surface area is 118 Å². The highest BCUT2D eigenvalue weighted by atomic mass is 16.3. The molecule has 0 radical (unpaired) electrons. The molecule has 1 aromatic heterocycles. The molecule has 1 saturated carbocycles. The predicted octanol–water partition coefficient (Wildman–Crippen LogP) is 2.61. The van der Waals surface area contributed by atoms with Crippen LogP contribution in [0.25, 0.3) is 10.9 Å². The number of aliphatic hydroxyl groups is 1. The first kappa shape index (κ1) is 12.9. The first-order chi connectivity index (χ1) is 9.83. The van der Waals surface area contributed by atoms with Gasteiger partial charge in [0, 0.05) is 23.5 Å². The molecule has 3 rings (SSSR count). The van der Waals surface area contributed by atoms with Crippen LogP contribution in [0.3, 0.4) is 0 Å². The molecular weight excluding hydrogens is 250 g/mol. The molecule has 0 saturated heterocycles. The molecule has 0 unspecified atom stereocenters. The molecule has 0 bridgehead atoms. The van der Waals surface area contributed by atoms with Crippen LogP contribution in [0.15, 0.2) is 30.3 Å². The highest BCUT2D eigenvalue weighted by molar-refractivity contribution is 5.81. The first-order valence-electron chi connectivity index (χ1n) is 6.96. The van der Waals surface area contributed by atoms with Gasteiger partial charge in [-0.1, -0.05) is 18.2 Å². The van der Waals surface area contributed by atoms with Gasteiger partial charge in [0.2, 0.25) is 0 Å². The van der Waals surface area contributed by atoms with E-state index in [-0.39, 0.29) is 6.61 Å². The minimum Gasteiger partial charge on any atom is -0.392 e. The normalized spacial score (nSPS) is 14.2. The van der Waals surface area contributed by atoms with Gasteiger partial charge in [0.25, 0.3) is 0 Å². The number of benzene rings is 1. The number of anilines is 1. The smallest absolute Gasteiger partial charge is 0.135 e. The fraction of sp³-hybridized carbons (Fsp3) is 0.375. The maximum absolute atomic E-state index is 9.62. The van der Waals surface area contributed by atoms with E-state index in [9.17, 15) is 5.11 Å². The topological polar surface area (TPSA) is 60.2 Å². The molecule has 1 fully saturated rings.